The van der Waals surface area contributed by atoms with Gasteiger partial charge in [-0.25, -0.2) is 13.2 Å². The van der Waals surface area contributed by atoms with Gasteiger partial charge in [0.2, 0.25) is 23.5 Å². The van der Waals surface area contributed by atoms with Crippen molar-refractivity contribution in [3.8, 4) is 0 Å². The molecular weight excluding hydrogens is 1230 g/mol. The van der Waals surface area contributed by atoms with Gasteiger partial charge >= 0.3 is 5.97 Å². The van der Waals surface area contributed by atoms with Gasteiger partial charge < -0.3 is 29.4 Å². The van der Waals surface area contributed by atoms with Gasteiger partial charge in [-0.3, -0.25) is 23.5 Å². The third-order valence-corrected chi connectivity index (χ3v) is 20.9. The maximum absolute atomic E-state index is 13.5. The number of nitrogens with zero attached hydrogens (tertiary/aromatic N) is 8. The van der Waals surface area contributed by atoms with Gasteiger partial charge in [0.15, 0.2) is 5.71 Å². The lowest BCUT2D eigenvalue weighted by Crippen LogP contribution is -2.45. The molecule has 480 valence electrons. The number of aromatic nitrogens is 3. The van der Waals surface area contributed by atoms with Gasteiger partial charge in [0.25, 0.3) is 32.1 Å². The molecule has 1 unspecified atom stereocenters. The predicted octanol–water partition coefficient (Wildman–Crippen LogP) is 8.63. The van der Waals surface area contributed by atoms with Crippen molar-refractivity contribution in [1.29, 1.82) is 0 Å². The zero-order valence-electron chi connectivity index (χ0n) is 51.3. The minimum atomic E-state index is -4.86. The molecule has 5 aliphatic heterocycles. The number of hydrogen-bond donors (Lipinski definition) is 3. The molecule has 23 nitrogen and oxygen atoms in total. The summed E-state index contributed by atoms with van der Waals surface area (Å²) in [7, 11) is -13.8. The SMILES string of the molecule is CCCC1(C)C(=CC=CC2=[N+](CCCCCC(=O)NC3CCN(c4nc(C)nc(N5CCC(C(=O)ON6C(=O)c7ccccc7C6=O)CC5)n4)CC3)c3ccc4c(S(=O)(=O)O)cccc4c3C2(C)C)N(CCCS(=O)(=O)O)c2ccc3c(S(=O)(=O)[O-])cccc3c21. The Morgan fingerprint density at radius 3 is 1.96 bits per heavy atom. The van der Waals surface area contributed by atoms with E-state index >= 15 is 0 Å². The largest absolute Gasteiger partial charge is 0.744 e. The molecule has 26 heteroatoms. The first-order valence-corrected chi connectivity index (χ1v) is 35.2. The summed E-state index contributed by atoms with van der Waals surface area (Å²) in [5.74, 6) is -1.53. The number of imide groups is 1. The van der Waals surface area contributed by atoms with Crippen LogP contribution in [0, 0.1) is 12.8 Å². The molecule has 3 N–H and O–H groups in total. The van der Waals surface area contributed by atoms with Gasteiger partial charge in [-0.1, -0.05) is 66.9 Å². The van der Waals surface area contributed by atoms with E-state index in [0.717, 1.165) is 28.2 Å². The summed E-state index contributed by atoms with van der Waals surface area (Å²) < 4.78 is 109. The monoisotopic (exact) mass is 1300 g/mol. The molecule has 91 heavy (non-hydrogen) atoms. The van der Waals surface area contributed by atoms with Gasteiger partial charge in [-0.05, 0) is 143 Å². The van der Waals surface area contributed by atoms with Crippen LogP contribution in [0.4, 0.5) is 23.3 Å². The first kappa shape index (κ1) is 64.5. The second kappa shape index (κ2) is 25.2. The Morgan fingerprint density at radius 1 is 0.736 bits per heavy atom. The van der Waals surface area contributed by atoms with Gasteiger partial charge in [-0.2, -0.15) is 36.4 Å². The van der Waals surface area contributed by atoms with Crippen LogP contribution >= 0.6 is 0 Å². The molecule has 0 bridgehead atoms. The van der Waals surface area contributed by atoms with Crippen molar-refractivity contribution < 1.29 is 67.5 Å². The van der Waals surface area contributed by atoms with Crippen LogP contribution in [0.5, 0.6) is 0 Å². The Hall–Kier alpha value is -8.01. The summed E-state index contributed by atoms with van der Waals surface area (Å²) in [6.07, 6.45) is 11.7. The maximum atomic E-state index is 13.5. The van der Waals surface area contributed by atoms with Gasteiger partial charge in [0.05, 0.1) is 33.1 Å². The lowest BCUT2D eigenvalue weighted by molar-refractivity contribution is -0.438. The van der Waals surface area contributed by atoms with Crippen molar-refractivity contribution in [2.45, 2.75) is 132 Å². The van der Waals surface area contributed by atoms with Crippen molar-refractivity contribution >= 4 is 105 Å². The van der Waals surface area contributed by atoms with Gasteiger partial charge in [0, 0.05) is 91.5 Å². The van der Waals surface area contributed by atoms with E-state index in [1.807, 2.05) is 47.1 Å². The van der Waals surface area contributed by atoms with Crippen molar-refractivity contribution in [3.05, 3.63) is 137 Å². The molecule has 0 aliphatic carbocycles. The Bertz CT molecular complexity index is 4370. The van der Waals surface area contributed by atoms with Crippen LogP contribution in [0.2, 0.25) is 0 Å². The quantitative estimate of drug-likeness (QED) is 0.0263. The zero-order chi connectivity index (χ0) is 65.0. The molecule has 11 rings (SSSR count). The summed E-state index contributed by atoms with van der Waals surface area (Å²) in [5.41, 5.74) is 3.74. The maximum Gasteiger partial charge on any atom is 0.336 e. The van der Waals surface area contributed by atoms with E-state index < -0.39 is 70.6 Å². The van der Waals surface area contributed by atoms with Crippen LogP contribution < -0.4 is 20.0 Å². The highest BCUT2D eigenvalue weighted by molar-refractivity contribution is 7.86. The number of fused-ring (bicyclic) bond motifs is 7. The molecular formula is C65H73N9O14S3. The number of nitrogens with one attached hydrogen (secondary N) is 1. The van der Waals surface area contributed by atoms with Crippen molar-refractivity contribution in [3.63, 3.8) is 0 Å². The first-order valence-electron chi connectivity index (χ1n) is 30.7. The molecule has 1 aromatic heterocycles. The second-order valence-electron chi connectivity index (χ2n) is 24.7. The molecule has 6 heterocycles. The molecule has 0 spiro atoms. The number of amides is 3. The standard InChI is InChI=1S/C65H73N9O14S3/c1-6-33-65(5)55(73(35-15-40-89(79,80)81)51-28-26-45-47(58(51)65)19-13-21-53(45)91(85,86)87)23-14-22-54-64(3,4)57-46-18-12-20-52(90(82,83)84)44(46)25-27-50(57)72(54)34-11-7-8-24-56(75)68-43-31-38-71(39-32-43)63-67-41(2)66-62(69-63)70-36-29-42(30-37-70)61(78)88-74-59(76)48-16-9-10-17-49(48)60(74)77/h9-10,12-14,16-23,25-28,42-43H,6-8,11,15,24,29-40H2,1-5H3,(H3-,68,75,79,80,81,82,83,84,85,86,87). The summed E-state index contributed by atoms with van der Waals surface area (Å²) in [4.78, 5) is 77.2. The molecule has 3 amide bonds. The number of rotatable bonds is 21. The zero-order valence-corrected chi connectivity index (χ0v) is 53.7. The fraction of sp³-hybridized carbons (Fsp3) is 0.415. The van der Waals surface area contributed by atoms with Gasteiger partial charge in [-0.15, -0.1) is 0 Å². The third-order valence-electron chi connectivity index (χ3n) is 18.3. The number of aryl methyl sites for hydroxylation is 1. The number of carbonyl (C=O) groups is 4. The third kappa shape index (κ3) is 12.9. The highest BCUT2D eigenvalue weighted by Gasteiger charge is 2.48. The first-order chi connectivity index (χ1) is 43.2. The van der Waals surface area contributed by atoms with Crippen molar-refractivity contribution in [2.75, 3.05) is 59.7 Å². The summed E-state index contributed by atoms with van der Waals surface area (Å²) in [6.45, 7) is 12.8. The fourth-order valence-corrected chi connectivity index (χ4v) is 16.0. The molecule has 5 aliphatic rings. The lowest BCUT2D eigenvalue weighted by atomic mass is 9.75. The van der Waals surface area contributed by atoms with Crippen LogP contribution in [-0.4, -0.2) is 144 Å². The van der Waals surface area contributed by atoms with Crippen molar-refractivity contribution in [2.24, 2.45) is 5.92 Å². The molecule has 2 fully saturated rings. The highest BCUT2D eigenvalue weighted by atomic mass is 32.2. The average Bonchev–Trinajstić information content (AvgIpc) is 1.59. The Labute approximate surface area is 529 Å². The molecule has 5 aromatic carbocycles. The number of piperidine rings is 2. The van der Waals surface area contributed by atoms with E-state index in [4.69, 9.17) is 9.82 Å². The van der Waals surface area contributed by atoms with E-state index in [-0.39, 0.29) is 51.2 Å². The minimum absolute atomic E-state index is 0.0511. The van der Waals surface area contributed by atoms with E-state index in [1.54, 1.807) is 55.5 Å². The normalized spacial score (nSPS) is 19.4. The Morgan fingerprint density at radius 2 is 1.34 bits per heavy atom. The number of hydroxylamine groups is 2. The molecule has 6 aromatic rings. The van der Waals surface area contributed by atoms with E-state index in [0.29, 0.717) is 142 Å². The summed E-state index contributed by atoms with van der Waals surface area (Å²) in [6, 6.07) is 22.7. The van der Waals surface area contributed by atoms with Gasteiger partial charge in [0.1, 0.15) is 27.4 Å². The van der Waals surface area contributed by atoms with Crippen LogP contribution in [-0.2, 0) is 55.6 Å². The van der Waals surface area contributed by atoms with Crippen LogP contribution in [0.3, 0.4) is 0 Å². The molecule has 0 radical (unpaired) electrons. The highest BCUT2D eigenvalue weighted by Crippen LogP contribution is 2.54. The molecule has 0 saturated carbocycles. The molecule has 2 saturated heterocycles. The Balaban J connectivity index is 0.756. The average molecular weight is 1300 g/mol. The lowest BCUT2D eigenvalue weighted by Gasteiger charge is -2.34. The number of hydrogen-bond acceptors (Lipinski definition) is 18. The van der Waals surface area contributed by atoms with Crippen LogP contribution in [0.15, 0.2) is 119 Å². The molecule has 1 atom stereocenters. The van der Waals surface area contributed by atoms with Crippen molar-refractivity contribution in [1.82, 2.24) is 25.3 Å². The number of carbonyl (C=O) groups excluding carboxylic acids is 4. The Kier molecular flexibility index (Phi) is 17.9. The number of unbranched alkanes of at least 4 members (excludes halogenated alkanes) is 2. The van der Waals surface area contributed by atoms with E-state index in [1.165, 1.54) is 24.3 Å². The van der Waals surface area contributed by atoms with E-state index in [2.05, 4.69) is 45.5 Å². The second-order valence-corrected chi connectivity index (χ2v) is 29.1. The number of allylic oxidation sites excluding steroid dienone is 4. The fourth-order valence-electron chi connectivity index (χ4n) is 14.1. The number of benzene rings is 5. The summed E-state index contributed by atoms with van der Waals surface area (Å²) >= 11 is 0. The topological polar surface area (TPSA) is 310 Å². The smallest absolute Gasteiger partial charge is 0.336 e. The summed E-state index contributed by atoms with van der Waals surface area (Å²) in [5, 5.41) is 5.66. The van der Waals surface area contributed by atoms with Crippen LogP contribution in [0.25, 0.3) is 21.5 Å². The number of anilines is 3. The predicted molar refractivity (Wildman–Crippen MR) is 341 cm³/mol. The minimum Gasteiger partial charge on any atom is -0.744 e. The van der Waals surface area contributed by atoms with E-state index in [9.17, 15) is 58.1 Å². The van der Waals surface area contributed by atoms with Crippen LogP contribution in [0.1, 0.15) is 136 Å².